The van der Waals surface area contributed by atoms with Gasteiger partial charge in [-0.2, -0.15) is 0 Å². The molecular formula is C16H20N2O3S. The normalized spacial score (nSPS) is 12.1. The summed E-state index contributed by atoms with van der Waals surface area (Å²) in [5.74, 6) is -0.176. The summed E-state index contributed by atoms with van der Waals surface area (Å²) in [6.45, 7) is 4.30. The lowest BCUT2D eigenvalue weighted by atomic mass is 10.0. The van der Waals surface area contributed by atoms with E-state index in [4.69, 9.17) is 0 Å². The number of benzene rings is 1. The summed E-state index contributed by atoms with van der Waals surface area (Å²) >= 11 is 1.14. The molecule has 1 heterocycles. The van der Waals surface area contributed by atoms with Crippen LogP contribution in [0.5, 0.6) is 0 Å². The summed E-state index contributed by atoms with van der Waals surface area (Å²) < 4.78 is 1.59. The van der Waals surface area contributed by atoms with Crippen molar-refractivity contribution in [2.24, 2.45) is 0 Å². The Morgan fingerprint density at radius 1 is 1.36 bits per heavy atom. The van der Waals surface area contributed by atoms with Gasteiger partial charge >= 0.3 is 4.87 Å². The maximum absolute atomic E-state index is 11.8. The highest BCUT2D eigenvalue weighted by Gasteiger charge is 2.12. The first kappa shape index (κ1) is 16.5. The monoisotopic (exact) mass is 320 g/mol. The highest BCUT2D eigenvalue weighted by Crippen LogP contribution is 2.16. The Bertz CT molecular complexity index is 705. The minimum atomic E-state index is -0.726. The van der Waals surface area contributed by atoms with Crippen LogP contribution >= 0.6 is 11.3 Å². The third-order valence-electron chi connectivity index (χ3n) is 3.58. The van der Waals surface area contributed by atoms with E-state index >= 15 is 0 Å². The molecule has 2 aromatic rings. The van der Waals surface area contributed by atoms with Gasteiger partial charge in [0.15, 0.2) is 0 Å². The van der Waals surface area contributed by atoms with Crippen molar-refractivity contribution in [3.63, 3.8) is 0 Å². The van der Waals surface area contributed by atoms with Crippen molar-refractivity contribution in [3.05, 3.63) is 56.1 Å². The molecule has 0 radical (unpaired) electrons. The Morgan fingerprint density at radius 2 is 2.09 bits per heavy atom. The van der Waals surface area contributed by atoms with Crippen LogP contribution in [0.3, 0.4) is 0 Å². The zero-order valence-electron chi connectivity index (χ0n) is 12.7. The summed E-state index contributed by atoms with van der Waals surface area (Å²) in [7, 11) is 0. The van der Waals surface area contributed by atoms with Gasteiger partial charge in [-0.25, -0.2) is 0 Å². The Labute approximate surface area is 133 Å². The Morgan fingerprint density at radius 3 is 2.73 bits per heavy atom. The van der Waals surface area contributed by atoms with Crippen LogP contribution in [-0.2, 0) is 11.3 Å². The number of hydrogen-bond donors (Lipinski definition) is 2. The van der Waals surface area contributed by atoms with Crippen molar-refractivity contribution < 1.29 is 9.90 Å². The Balaban J connectivity index is 1.83. The first-order valence-electron chi connectivity index (χ1n) is 7.14. The molecule has 1 unspecified atom stereocenters. The zero-order valence-corrected chi connectivity index (χ0v) is 13.5. The number of aryl methyl sites for hydroxylation is 2. The lowest BCUT2D eigenvalue weighted by Gasteiger charge is -2.14. The smallest absolute Gasteiger partial charge is 0.307 e. The highest BCUT2D eigenvalue weighted by atomic mass is 32.1. The Hall–Kier alpha value is -1.92. The van der Waals surface area contributed by atoms with Crippen molar-refractivity contribution in [2.45, 2.75) is 32.9 Å². The summed E-state index contributed by atoms with van der Waals surface area (Å²) in [5, 5.41) is 14.6. The molecule has 2 N–H and O–H groups in total. The van der Waals surface area contributed by atoms with Gasteiger partial charge in [0.05, 0.1) is 6.10 Å². The van der Waals surface area contributed by atoms with Crippen LogP contribution in [0, 0.1) is 13.8 Å². The molecule has 0 bridgehead atoms. The van der Waals surface area contributed by atoms with E-state index in [1.54, 1.807) is 9.95 Å². The van der Waals surface area contributed by atoms with Crippen molar-refractivity contribution in [3.8, 4) is 0 Å². The maximum atomic E-state index is 11.8. The zero-order chi connectivity index (χ0) is 16.1. The van der Waals surface area contributed by atoms with Gasteiger partial charge < -0.3 is 15.0 Å². The SMILES string of the molecule is Cc1ccccc1C(O)CNC(=O)CCn1c(C)csc1=O. The largest absolute Gasteiger partial charge is 0.387 e. The average Bonchev–Trinajstić information content (AvgIpc) is 2.82. The number of amides is 1. The number of hydrogen-bond acceptors (Lipinski definition) is 4. The van der Waals surface area contributed by atoms with Gasteiger partial charge in [-0.3, -0.25) is 9.59 Å². The van der Waals surface area contributed by atoms with Crippen molar-refractivity contribution in [2.75, 3.05) is 6.54 Å². The molecule has 22 heavy (non-hydrogen) atoms. The molecule has 0 aliphatic rings. The van der Waals surface area contributed by atoms with Gasteiger partial charge in [0.2, 0.25) is 5.91 Å². The number of carbonyl (C=O) groups excluding carboxylic acids is 1. The van der Waals surface area contributed by atoms with Crippen molar-refractivity contribution >= 4 is 17.2 Å². The van der Waals surface area contributed by atoms with Gasteiger partial charge in [-0.15, -0.1) is 0 Å². The van der Waals surface area contributed by atoms with E-state index < -0.39 is 6.10 Å². The molecule has 118 valence electrons. The number of carbonyl (C=O) groups is 1. The number of aliphatic hydroxyl groups is 1. The predicted molar refractivity (Wildman–Crippen MR) is 87.1 cm³/mol. The molecule has 5 nitrogen and oxygen atoms in total. The molecule has 1 aromatic carbocycles. The van der Waals surface area contributed by atoms with Crippen molar-refractivity contribution in [1.82, 2.24) is 9.88 Å². The lowest BCUT2D eigenvalue weighted by Crippen LogP contribution is -2.30. The fraction of sp³-hybridized carbons (Fsp3) is 0.375. The number of nitrogens with one attached hydrogen (secondary N) is 1. The molecule has 1 amide bonds. The number of nitrogens with zero attached hydrogens (tertiary/aromatic N) is 1. The molecule has 1 atom stereocenters. The van der Waals surface area contributed by atoms with Gasteiger partial charge in [0.1, 0.15) is 0 Å². The van der Waals surface area contributed by atoms with Crippen LogP contribution in [0.15, 0.2) is 34.4 Å². The van der Waals surface area contributed by atoms with E-state index in [0.717, 1.165) is 28.2 Å². The molecular weight excluding hydrogens is 300 g/mol. The van der Waals surface area contributed by atoms with E-state index in [-0.39, 0.29) is 23.7 Å². The fourth-order valence-corrected chi connectivity index (χ4v) is 3.02. The number of thiazole rings is 1. The molecule has 0 saturated heterocycles. The molecule has 6 heteroatoms. The van der Waals surface area contributed by atoms with Crippen LogP contribution < -0.4 is 10.2 Å². The molecule has 0 aliphatic heterocycles. The van der Waals surface area contributed by atoms with Gasteiger partial charge in [-0.1, -0.05) is 35.6 Å². The van der Waals surface area contributed by atoms with E-state index in [1.165, 1.54) is 0 Å². The number of rotatable bonds is 6. The molecule has 0 aliphatic carbocycles. The highest BCUT2D eigenvalue weighted by molar-refractivity contribution is 7.07. The summed E-state index contributed by atoms with van der Waals surface area (Å²) in [6, 6.07) is 7.54. The summed E-state index contributed by atoms with van der Waals surface area (Å²) in [5.41, 5.74) is 2.67. The second-order valence-electron chi connectivity index (χ2n) is 5.22. The molecule has 2 rings (SSSR count). The van der Waals surface area contributed by atoms with E-state index in [0.29, 0.717) is 6.54 Å². The second-order valence-corrected chi connectivity index (χ2v) is 6.04. The fourth-order valence-electron chi connectivity index (χ4n) is 2.26. The van der Waals surface area contributed by atoms with Crippen LogP contribution in [0.2, 0.25) is 0 Å². The quantitative estimate of drug-likeness (QED) is 0.852. The van der Waals surface area contributed by atoms with Crippen LogP contribution in [0.1, 0.15) is 29.3 Å². The first-order chi connectivity index (χ1) is 10.5. The maximum Gasteiger partial charge on any atom is 0.307 e. The molecule has 0 saturated carbocycles. The number of aliphatic hydroxyl groups excluding tert-OH is 1. The first-order valence-corrected chi connectivity index (χ1v) is 8.02. The van der Waals surface area contributed by atoms with Gasteiger partial charge in [0.25, 0.3) is 0 Å². The minimum Gasteiger partial charge on any atom is -0.387 e. The standard InChI is InChI=1S/C16H20N2O3S/c1-11-5-3-4-6-13(11)14(19)9-17-15(20)7-8-18-12(2)10-22-16(18)21/h3-6,10,14,19H,7-9H2,1-2H3,(H,17,20). The van der Waals surface area contributed by atoms with Gasteiger partial charge in [0, 0.05) is 30.6 Å². The van der Waals surface area contributed by atoms with Crippen LogP contribution in [0.4, 0.5) is 0 Å². The van der Waals surface area contributed by atoms with Crippen molar-refractivity contribution in [1.29, 1.82) is 0 Å². The minimum absolute atomic E-state index is 0.0507. The van der Waals surface area contributed by atoms with E-state index in [1.807, 2.05) is 38.1 Å². The second kappa shape index (κ2) is 7.38. The Kier molecular flexibility index (Phi) is 5.51. The lowest BCUT2D eigenvalue weighted by molar-refractivity contribution is -0.121. The van der Waals surface area contributed by atoms with E-state index in [9.17, 15) is 14.7 Å². The van der Waals surface area contributed by atoms with Crippen LogP contribution in [-0.4, -0.2) is 22.1 Å². The predicted octanol–water partition coefficient (Wildman–Crippen LogP) is 1.77. The number of aromatic nitrogens is 1. The third kappa shape index (κ3) is 4.05. The average molecular weight is 320 g/mol. The van der Waals surface area contributed by atoms with E-state index in [2.05, 4.69) is 5.32 Å². The topological polar surface area (TPSA) is 71.3 Å². The summed E-state index contributed by atoms with van der Waals surface area (Å²) in [6.07, 6.45) is -0.506. The van der Waals surface area contributed by atoms with Crippen LogP contribution in [0.25, 0.3) is 0 Å². The molecule has 0 spiro atoms. The summed E-state index contributed by atoms with van der Waals surface area (Å²) in [4.78, 5) is 23.3. The third-order valence-corrected chi connectivity index (χ3v) is 4.46. The van der Waals surface area contributed by atoms with Gasteiger partial charge in [-0.05, 0) is 25.0 Å². The molecule has 1 aromatic heterocycles. The molecule has 0 fully saturated rings.